The molecule has 1 aromatic carbocycles. The molecule has 0 atom stereocenters. The standard InChI is InChI=1S/C14H13ClN4/c1-8-12(9-5-3-4-6-11(9)18-8)13-10(15)7-17-14(16-2)19-13/h3-7,18H,1-2H3,(H,16,17,19). The van der Waals surface area contributed by atoms with E-state index >= 15 is 0 Å². The number of hydrogen-bond acceptors (Lipinski definition) is 3. The number of aromatic nitrogens is 3. The number of halogens is 1. The molecule has 0 saturated heterocycles. The third-order valence-corrected chi connectivity index (χ3v) is 3.37. The fraction of sp³-hybridized carbons (Fsp3) is 0.143. The van der Waals surface area contributed by atoms with Crippen LogP contribution in [0.15, 0.2) is 30.5 Å². The van der Waals surface area contributed by atoms with Crippen molar-refractivity contribution < 1.29 is 0 Å². The van der Waals surface area contributed by atoms with Crippen molar-refractivity contribution in [1.29, 1.82) is 0 Å². The first-order valence-electron chi connectivity index (χ1n) is 5.98. The summed E-state index contributed by atoms with van der Waals surface area (Å²) >= 11 is 6.25. The van der Waals surface area contributed by atoms with Crippen molar-refractivity contribution in [2.75, 3.05) is 12.4 Å². The Kier molecular flexibility index (Phi) is 2.87. The summed E-state index contributed by atoms with van der Waals surface area (Å²) in [7, 11) is 1.79. The molecular formula is C14H13ClN4. The highest BCUT2D eigenvalue weighted by atomic mass is 35.5. The zero-order chi connectivity index (χ0) is 13.4. The maximum atomic E-state index is 6.25. The number of aryl methyl sites for hydroxylation is 1. The van der Waals surface area contributed by atoms with Crippen molar-refractivity contribution in [2.24, 2.45) is 0 Å². The van der Waals surface area contributed by atoms with Crippen LogP contribution in [0.3, 0.4) is 0 Å². The number of fused-ring (bicyclic) bond motifs is 1. The van der Waals surface area contributed by atoms with E-state index in [2.05, 4.69) is 26.3 Å². The average molecular weight is 273 g/mol. The maximum Gasteiger partial charge on any atom is 0.223 e. The van der Waals surface area contributed by atoms with Gasteiger partial charge in [0.05, 0.1) is 16.9 Å². The van der Waals surface area contributed by atoms with Crippen LogP contribution < -0.4 is 5.32 Å². The van der Waals surface area contributed by atoms with E-state index in [-0.39, 0.29) is 0 Å². The van der Waals surface area contributed by atoms with Crippen LogP contribution in [-0.2, 0) is 0 Å². The molecule has 0 unspecified atom stereocenters. The summed E-state index contributed by atoms with van der Waals surface area (Å²) < 4.78 is 0. The summed E-state index contributed by atoms with van der Waals surface area (Å²) in [6.07, 6.45) is 1.62. The van der Waals surface area contributed by atoms with Gasteiger partial charge >= 0.3 is 0 Å². The van der Waals surface area contributed by atoms with E-state index in [1.165, 1.54) is 0 Å². The summed E-state index contributed by atoms with van der Waals surface area (Å²) in [5, 5.41) is 4.59. The summed E-state index contributed by atoms with van der Waals surface area (Å²) in [5.41, 5.74) is 3.90. The zero-order valence-corrected chi connectivity index (χ0v) is 11.4. The van der Waals surface area contributed by atoms with E-state index in [9.17, 15) is 0 Å². The second-order valence-electron chi connectivity index (χ2n) is 4.31. The summed E-state index contributed by atoms with van der Waals surface area (Å²) in [6, 6.07) is 8.11. The van der Waals surface area contributed by atoms with Gasteiger partial charge in [-0.2, -0.15) is 0 Å². The maximum absolute atomic E-state index is 6.25. The highest BCUT2D eigenvalue weighted by molar-refractivity contribution is 6.33. The van der Waals surface area contributed by atoms with Gasteiger partial charge in [-0.15, -0.1) is 0 Å². The molecule has 0 bridgehead atoms. The van der Waals surface area contributed by atoms with Crippen molar-refractivity contribution in [1.82, 2.24) is 15.0 Å². The molecule has 19 heavy (non-hydrogen) atoms. The molecule has 3 aromatic rings. The highest BCUT2D eigenvalue weighted by Gasteiger charge is 2.15. The van der Waals surface area contributed by atoms with E-state index in [0.29, 0.717) is 11.0 Å². The van der Waals surface area contributed by atoms with Gasteiger partial charge in [0.25, 0.3) is 0 Å². The van der Waals surface area contributed by atoms with E-state index in [0.717, 1.165) is 27.9 Å². The lowest BCUT2D eigenvalue weighted by atomic mass is 10.1. The Morgan fingerprint density at radius 3 is 2.84 bits per heavy atom. The predicted molar refractivity (Wildman–Crippen MR) is 78.6 cm³/mol. The monoisotopic (exact) mass is 272 g/mol. The number of rotatable bonds is 2. The van der Waals surface area contributed by atoms with Gasteiger partial charge in [-0.25, -0.2) is 9.97 Å². The minimum absolute atomic E-state index is 0.548. The Morgan fingerprint density at radius 1 is 1.26 bits per heavy atom. The first kappa shape index (κ1) is 12.0. The zero-order valence-electron chi connectivity index (χ0n) is 10.7. The number of nitrogens with one attached hydrogen (secondary N) is 2. The van der Waals surface area contributed by atoms with Crippen LogP contribution in [0.5, 0.6) is 0 Å². The van der Waals surface area contributed by atoms with Crippen LogP contribution in [-0.4, -0.2) is 22.0 Å². The topological polar surface area (TPSA) is 53.6 Å². The van der Waals surface area contributed by atoms with Gasteiger partial charge < -0.3 is 10.3 Å². The summed E-state index contributed by atoms with van der Waals surface area (Å²) in [4.78, 5) is 11.9. The number of benzene rings is 1. The Balaban J connectivity index is 2.32. The largest absolute Gasteiger partial charge is 0.358 e. The SMILES string of the molecule is CNc1ncc(Cl)c(-c2c(C)[nH]c3ccccc23)n1. The number of hydrogen-bond donors (Lipinski definition) is 2. The van der Waals surface area contributed by atoms with Crippen LogP contribution in [0.4, 0.5) is 5.95 Å². The molecule has 0 aliphatic heterocycles. The predicted octanol–water partition coefficient (Wildman–Crippen LogP) is 3.63. The highest BCUT2D eigenvalue weighted by Crippen LogP contribution is 2.34. The molecule has 0 spiro atoms. The van der Waals surface area contributed by atoms with Crippen molar-refractivity contribution >= 4 is 28.5 Å². The number of aromatic amines is 1. The lowest BCUT2D eigenvalue weighted by molar-refractivity contribution is 1.15. The van der Waals surface area contributed by atoms with Crippen LogP contribution >= 0.6 is 11.6 Å². The van der Waals surface area contributed by atoms with Crippen molar-refractivity contribution in [3.05, 3.63) is 41.2 Å². The first-order chi connectivity index (χ1) is 9.20. The molecule has 0 saturated carbocycles. The Labute approximate surface area is 115 Å². The molecule has 2 heterocycles. The average Bonchev–Trinajstić information content (AvgIpc) is 2.75. The number of anilines is 1. The molecule has 5 heteroatoms. The molecule has 0 aliphatic rings. The quantitative estimate of drug-likeness (QED) is 0.749. The van der Waals surface area contributed by atoms with Gasteiger partial charge in [0, 0.05) is 29.2 Å². The lowest BCUT2D eigenvalue weighted by Crippen LogP contribution is -1.98. The minimum atomic E-state index is 0.548. The molecule has 0 amide bonds. The van der Waals surface area contributed by atoms with Crippen LogP contribution in [0.1, 0.15) is 5.69 Å². The fourth-order valence-corrected chi connectivity index (χ4v) is 2.43. The van der Waals surface area contributed by atoms with E-state index in [1.807, 2.05) is 25.1 Å². The molecule has 96 valence electrons. The van der Waals surface area contributed by atoms with Gasteiger partial charge in [-0.1, -0.05) is 29.8 Å². The first-order valence-corrected chi connectivity index (χ1v) is 6.36. The summed E-state index contributed by atoms with van der Waals surface area (Å²) in [6.45, 7) is 2.02. The van der Waals surface area contributed by atoms with Crippen molar-refractivity contribution in [3.8, 4) is 11.3 Å². The van der Waals surface area contributed by atoms with E-state index in [1.54, 1.807) is 13.2 Å². The second kappa shape index (κ2) is 4.55. The van der Waals surface area contributed by atoms with Gasteiger partial charge in [-0.05, 0) is 13.0 Å². The van der Waals surface area contributed by atoms with E-state index < -0.39 is 0 Å². The minimum Gasteiger partial charge on any atom is -0.358 e. The van der Waals surface area contributed by atoms with E-state index in [4.69, 9.17) is 11.6 Å². The molecule has 3 rings (SSSR count). The normalized spacial score (nSPS) is 10.9. The van der Waals surface area contributed by atoms with Gasteiger partial charge in [0.2, 0.25) is 5.95 Å². The van der Waals surface area contributed by atoms with Gasteiger partial charge in [0.15, 0.2) is 0 Å². The van der Waals surface area contributed by atoms with Crippen molar-refractivity contribution in [2.45, 2.75) is 6.92 Å². The van der Waals surface area contributed by atoms with Crippen LogP contribution in [0.2, 0.25) is 5.02 Å². The molecular weight excluding hydrogens is 260 g/mol. The Hall–Kier alpha value is -2.07. The molecule has 0 aliphatic carbocycles. The molecule has 2 aromatic heterocycles. The fourth-order valence-electron chi connectivity index (χ4n) is 2.24. The third-order valence-electron chi connectivity index (χ3n) is 3.10. The smallest absolute Gasteiger partial charge is 0.223 e. The van der Waals surface area contributed by atoms with Crippen molar-refractivity contribution in [3.63, 3.8) is 0 Å². The Morgan fingerprint density at radius 2 is 2.05 bits per heavy atom. The third kappa shape index (κ3) is 1.94. The van der Waals surface area contributed by atoms with Gasteiger partial charge in [-0.3, -0.25) is 0 Å². The van der Waals surface area contributed by atoms with Crippen LogP contribution in [0, 0.1) is 6.92 Å². The molecule has 0 radical (unpaired) electrons. The van der Waals surface area contributed by atoms with Gasteiger partial charge in [0.1, 0.15) is 0 Å². The summed E-state index contributed by atoms with van der Waals surface area (Å²) in [5.74, 6) is 0.559. The molecule has 0 fully saturated rings. The number of para-hydroxylation sites is 1. The number of H-pyrrole nitrogens is 1. The lowest BCUT2D eigenvalue weighted by Gasteiger charge is -2.06. The molecule has 2 N–H and O–H groups in total. The molecule has 4 nitrogen and oxygen atoms in total. The number of nitrogens with zero attached hydrogens (tertiary/aromatic N) is 2. The Bertz CT molecular complexity index is 748. The second-order valence-corrected chi connectivity index (χ2v) is 4.72. The van der Waals surface area contributed by atoms with Crippen LogP contribution in [0.25, 0.3) is 22.2 Å².